The topological polar surface area (TPSA) is 66.0 Å². The van der Waals surface area contributed by atoms with E-state index < -0.39 is 0 Å². The molecule has 7 heteroatoms. The van der Waals surface area contributed by atoms with Gasteiger partial charge in [-0.1, -0.05) is 30.3 Å². The SMILES string of the molecule is CCOc1cc(C(=O)Nc2ccc(Oc3ccc(OC)cc3)cc2)cc(Br)c1OCc1ccccc1. The standard InChI is InChI=1S/C29H26BrNO5/c1-3-34-27-18-21(17-26(30)28(27)35-19-20-7-5-4-6-8-20)29(32)31-22-9-11-24(12-10-22)36-25-15-13-23(33-2)14-16-25/h4-18H,3,19H2,1-2H3,(H,31,32). The monoisotopic (exact) mass is 547 g/mol. The van der Waals surface area contributed by atoms with Crippen LogP contribution in [0.15, 0.2) is 95.5 Å². The fourth-order valence-corrected chi connectivity index (χ4v) is 3.98. The second kappa shape index (κ2) is 12.1. The van der Waals surface area contributed by atoms with Gasteiger partial charge in [0.2, 0.25) is 0 Å². The van der Waals surface area contributed by atoms with Crippen molar-refractivity contribution in [2.75, 3.05) is 19.0 Å². The third-order valence-corrected chi connectivity index (χ3v) is 5.79. The Kier molecular flexibility index (Phi) is 8.47. The number of hydrogen-bond acceptors (Lipinski definition) is 5. The van der Waals surface area contributed by atoms with E-state index in [4.69, 9.17) is 18.9 Å². The van der Waals surface area contributed by atoms with Crippen LogP contribution in [0.3, 0.4) is 0 Å². The average molecular weight is 548 g/mol. The predicted octanol–water partition coefficient (Wildman–Crippen LogP) is 7.48. The van der Waals surface area contributed by atoms with E-state index in [1.807, 2.05) is 61.5 Å². The number of carbonyl (C=O) groups excluding carboxylic acids is 1. The second-order valence-corrected chi connectivity index (χ2v) is 8.60. The number of ether oxygens (including phenoxy) is 4. The van der Waals surface area contributed by atoms with E-state index in [-0.39, 0.29) is 5.91 Å². The van der Waals surface area contributed by atoms with Crippen molar-refractivity contribution in [3.63, 3.8) is 0 Å². The van der Waals surface area contributed by atoms with Crippen molar-refractivity contribution < 1.29 is 23.7 Å². The van der Waals surface area contributed by atoms with Crippen LogP contribution in [0.5, 0.6) is 28.7 Å². The molecule has 36 heavy (non-hydrogen) atoms. The molecule has 1 N–H and O–H groups in total. The minimum Gasteiger partial charge on any atom is -0.497 e. The minimum absolute atomic E-state index is 0.268. The smallest absolute Gasteiger partial charge is 0.255 e. The van der Waals surface area contributed by atoms with Gasteiger partial charge in [-0.3, -0.25) is 4.79 Å². The highest BCUT2D eigenvalue weighted by Gasteiger charge is 2.17. The van der Waals surface area contributed by atoms with Crippen LogP contribution in [0.2, 0.25) is 0 Å². The van der Waals surface area contributed by atoms with Crippen LogP contribution in [-0.2, 0) is 6.61 Å². The average Bonchev–Trinajstić information content (AvgIpc) is 2.90. The Hall–Kier alpha value is -3.97. The van der Waals surface area contributed by atoms with Gasteiger partial charge in [-0.15, -0.1) is 0 Å². The maximum absolute atomic E-state index is 13.0. The molecule has 184 valence electrons. The summed E-state index contributed by atoms with van der Waals surface area (Å²) in [6.45, 7) is 2.71. The van der Waals surface area contributed by atoms with E-state index >= 15 is 0 Å². The maximum atomic E-state index is 13.0. The fraction of sp³-hybridized carbons (Fsp3) is 0.138. The molecule has 0 atom stereocenters. The number of nitrogens with one attached hydrogen (secondary N) is 1. The van der Waals surface area contributed by atoms with Gasteiger partial charge in [0.1, 0.15) is 23.9 Å². The molecule has 0 heterocycles. The van der Waals surface area contributed by atoms with Gasteiger partial charge in [-0.2, -0.15) is 0 Å². The number of carbonyl (C=O) groups is 1. The van der Waals surface area contributed by atoms with Gasteiger partial charge < -0.3 is 24.3 Å². The lowest BCUT2D eigenvalue weighted by molar-refractivity contribution is 0.102. The maximum Gasteiger partial charge on any atom is 0.255 e. The van der Waals surface area contributed by atoms with Crippen molar-refractivity contribution in [1.29, 1.82) is 0 Å². The molecule has 0 bridgehead atoms. The summed E-state index contributed by atoms with van der Waals surface area (Å²) in [5.74, 6) is 2.88. The first-order chi connectivity index (χ1) is 17.6. The lowest BCUT2D eigenvalue weighted by Gasteiger charge is -2.16. The molecule has 4 aromatic rings. The predicted molar refractivity (Wildman–Crippen MR) is 144 cm³/mol. The van der Waals surface area contributed by atoms with Crippen molar-refractivity contribution >= 4 is 27.5 Å². The first-order valence-corrected chi connectivity index (χ1v) is 12.2. The van der Waals surface area contributed by atoms with E-state index in [1.165, 1.54) is 0 Å². The summed E-state index contributed by atoms with van der Waals surface area (Å²) >= 11 is 3.54. The summed E-state index contributed by atoms with van der Waals surface area (Å²) in [4.78, 5) is 13.0. The molecule has 6 nitrogen and oxygen atoms in total. The molecule has 0 saturated carbocycles. The van der Waals surface area contributed by atoms with Crippen molar-refractivity contribution in [3.05, 3.63) is 107 Å². The Morgan fingerprint density at radius 3 is 2.11 bits per heavy atom. The zero-order chi connectivity index (χ0) is 25.3. The number of methoxy groups -OCH3 is 1. The molecule has 0 saturated heterocycles. The van der Waals surface area contributed by atoms with Gasteiger partial charge in [-0.25, -0.2) is 0 Å². The molecular formula is C29H26BrNO5. The Bertz CT molecular complexity index is 1290. The van der Waals surface area contributed by atoms with E-state index in [0.29, 0.717) is 51.9 Å². The molecule has 4 rings (SSSR count). The first kappa shape index (κ1) is 25.1. The van der Waals surface area contributed by atoms with Crippen molar-refractivity contribution in [2.24, 2.45) is 0 Å². The number of rotatable bonds is 10. The van der Waals surface area contributed by atoms with Crippen LogP contribution in [0.25, 0.3) is 0 Å². The van der Waals surface area contributed by atoms with Crippen LogP contribution in [0, 0.1) is 0 Å². The minimum atomic E-state index is -0.268. The Morgan fingerprint density at radius 1 is 0.833 bits per heavy atom. The first-order valence-electron chi connectivity index (χ1n) is 11.4. The van der Waals surface area contributed by atoms with Crippen molar-refractivity contribution in [3.8, 4) is 28.7 Å². The lowest BCUT2D eigenvalue weighted by atomic mass is 10.1. The highest BCUT2D eigenvalue weighted by Crippen LogP contribution is 2.38. The van der Waals surface area contributed by atoms with Crippen molar-refractivity contribution in [1.82, 2.24) is 0 Å². The molecule has 0 aliphatic carbocycles. The number of hydrogen-bond donors (Lipinski definition) is 1. The zero-order valence-corrected chi connectivity index (χ0v) is 21.6. The summed E-state index contributed by atoms with van der Waals surface area (Å²) in [5, 5.41) is 2.91. The lowest BCUT2D eigenvalue weighted by Crippen LogP contribution is -2.12. The molecule has 0 aliphatic rings. The molecule has 0 unspecified atom stereocenters. The van der Waals surface area contributed by atoms with Gasteiger partial charge in [0.25, 0.3) is 5.91 Å². The molecule has 1 amide bonds. The summed E-state index contributed by atoms with van der Waals surface area (Å²) < 4.78 is 23.4. The van der Waals surface area contributed by atoms with Gasteiger partial charge in [0.05, 0.1) is 18.2 Å². The number of benzene rings is 4. The van der Waals surface area contributed by atoms with Crippen LogP contribution >= 0.6 is 15.9 Å². The molecular weight excluding hydrogens is 522 g/mol. The third kappa shape index (κ3) is 6.58. The number of anilines is 1. The van der Waals surface area contributed by atoms with Gasteiger partial charge in [-0.05, 0) is 89.1 Å². The van der Waals surface area contributed by atoms with Crippen molar-refractivity contribution in [2.45, 2.75) is 13.5 Å². The largest absolute Gasteiger partial charge is 0.497 e. The quantitative estimate of drug-likeness (QED) is 0.223. The Labute approximate surface area is 218 Å². The number of amides is 1. The van der Waals surface area contributed by atoms with Crippen LogP contribution in [-0.4, -0.2) is 19.6 Å². The Morgan fingerprint density at radius 2 is 1.47 bits per heavy atom. The van der Waals surface area contributed by atoms with E-state index in [9.17, 15) is 4.79 Å². The Balaban J connectivity index is 1.43. The summed E-state index contributed by atoms with van der Waals surface area (Å²) in [5.41, 5.74) is 2.12. The molecule has 0 spiro atoms. The van der Waals surface area contributed by atoms with Gasteiger partial charge in [0, 0.05) is 11.3 Å². The van der Waals surface area contributed by atoms with E-state index in [1.54, 1.807) is 43.5 Å². The number of halogens is 1. The normalized spacial score (nSPS) is 10.4. The van der Waals surface area contributed by atoms with Crippen LogP contribution in [0.1, 0.15) is 22.8 Å². The van der Waals surface area contributed by atoms with Gasteiger partial charge in [0.15, 0.2) is 11.5 Å². The van der Waals surface area contributed by atoms with E-state index in [0.717, 1.165) is 11.3 Å². The highest BCUT2D eigenvalue weighted by atomic mass is 79.9. The van der Waals surface area contributed by atoms with Crippen LogP contribution < -0.4 is 24.3 Å². The zero-order valence-electron chi connectivity index (χ0n) is 20.0. The third-order valence-electron chi connectivity index (χ3n) is 5.20. The summed E-state index contributed by atoms with van der Waals surface area (Å²) in [6.07, 6.45) is 0. The fourth-order valence-electron chi connectivity index (χ4n) is 3.42. The molecule has 0 aliphatic heterocycles. The highest BCUT2D eigenvalue weighted by molar-refractivity contribution is 9.10. The van der Waals surface area contributed by atoms with E-state index in [2.05, 4.69) is 21.2 Å². The molecule has 0 radical (unpaired) electrons. The molecule has 0 aromatic heterocycles. The molecule has 4 aromatic carbocycles. The molecule has 0 fully saturated rings. The summed E-state index contributed by atoms with van der Waals surface area (Å²) in [6, 6.07) is 27.7. The second-order valence-electron chi connectivity index (χ2n) is 7.75. The van der Waals surface area contributed by atoms with Crippen LogP contribution in [0.4, 0.5) is 5.69 Å². The van der Waals surface area contributed by atoms with Gasteiger partial charge >= 0.3 is 0 Å². The summed E-state index contributed by atoms with van der Waals surface area (Å²) in [7, 11) is 1.62.